The number of nitrogens with zero attached hydrogens (tertiary/aromatic N) is 3. The molecule has 84 valence electrons. The van der Waals surface area contributed by atoms with Crippen molar-refractivity contribution in [2.75, 3.05) is 12.0 Å². The molecule has 15 heavy (non-hydrogen) atoms. The first-order valence-electron chi connectivity index (χ1n) is 5.07. The van der Waals surface area contributed by atoms with Gasteiger partial charge in [0.15, 0.2) is 0 Å². The Morgan fingerprint density at radius 1 is 1.53 bits per heavy atom. The van der Waals surface area contributed by atoms with Crippen molar-refractivity contribution in [3.63, 3.8) is 0 Å². The van der Waals surface area contributed by atoms with Gasteiger partial charge < -0.3 is 4.57 Å². The van der Waals surface area contributed by atoms with E-state index in [1.54, 1.807) is 6.26 Å². The monoisotopic (exact) mass is 247 g/mol. The van der Waals surface area contributed by atoms with E-state index in [2.05, 4.69) is 10.2 Å². The fourth-order valence-electron chi connectivity index (χ4n) is 1.57. The molecule has 0 N–H and O–H groups in total. The molecule has 1 aliphatic carbocycles. The lowest BCUT2D eigenvalue weighted by atomic mass is 10.4. The molecule has 1 aromatic heterocycles. The highest BCUT2D eigenvalue weighted by molar-refractivity contribution is 7.84. The predicted octanol–water partition coefficient (Wildman–Crippen LogP) is 1.58. The van der Waals surface area contributed by atoms with Crippen LogP contribution >= 0.6 is 11.6 Å². The molecule has 0 saturated heterocycles. The highest BCUT2D eigenvalue weighted by Gasteiger charge is 2.29. The van der Waals surface area contributed by atoms with Crippen molar-refractivity contribution in [2.24, 2.45) is 0 Å². The Balaban J connectivity index is 1.99. The Kier molecular flexibility index (Phi) is 3.41. The Morgan fingerprint density at radius 2 is 2.27 bits per heavy atom. The Hall–Kier alpha value is -0.420. The maximum Gasteiger partial charge on any atom is 0.225 e. The third-order valence-corrected chi connectivity index (χ3v) is 3.63. The van der Waals surface area contributed by atoms with Gasteiger partial charge in [-0.1, -0.05) is 0 Å². The summed E-state index contributed by atoms with van der Waals surface area (Å²) >= 11 is 5.95. The zero-order valence-electron chi connectivity index (χ0n) is 8.65. The first kappa shape index (κ1) is 11.1. The predicted molar refractivity (Wildman–Crippen MR) is 60.6 cm³/mol. The molecule has 0 spiro atoms. The van der Waals surface area contributed by atoms with E-state index in [1.165, 1.54) is 12.8 Å². The van der Waals surface area contributed by atoms with Crippen molar-refractivity contribution in [2.45, 2.75) is 31.7 Å². The average molecular weight is 248 g/mol. The molecular formula is C9H14ClN3OS. The van der Waals surface area contributed by atoms with Gasteiger partial charge in [-0.05, 0) is 30.9 Å². The van der Waals surface area contributed by atoms with E-state index in [9.17, 15) is 4.21 Å². The quantitative estimate of drug-likeness (QED) is 0.794. The smallest absolute Gasteiger partial charge is 0.225 e. The van der Waals surface area contributed by atoms with E-state index in [-0.39, 0.29) is 0 Å². The fraction of sp³-hybridized carbons (Fsp3) is 0.778. The van der Waals surface area contributed by atoms with Crippen LogP contribution in [0.3, 0.4) is 0 Å². The number of rotatable bonds is 5. The summed E-state index contributed by atoms with van der Waals surface area (Å²) in [5.41, 5.74) is 0. The van der Waals surface area contributed by atoms with Crippen LogP contribution in [0.4, 0.5) is 0 Å². The van der Waals surface area contributed by atoms with Crippen molar-refractivity contribution in [3.05, 3.63) is 11.1 Å². The van der Waals surface area contributed by atoms with Crippen molar-refractivity contribution >= 4 is 22.4 Å². The number of hydrogen-bond donors (Lipinski definition) is 0. The lowest BCUT2D eigenvalue weighted by Gasteiger charge is -2.05. The lowest BCUT2D eigenvalue weighted by Crippen LogP contribution is -2.06. The third kappa shape index (κ3) is 2.78. The van der Waals surface area contributed by atoms with E-state index in [0.29, 0.717) is 17.0 Å². The SMILES string of the molecule is CS(=O)CCCn1c(Cl)nnc1C1CC1. The molecular weight excluding hydrogens is 234 g/mol. The molecule has 1 heterocycles. The van der Waals surface area contributed by atoms with Crippen LogP contribution in [-0.4, -0.2) is 31.0 Å². The van der Waals surface area contributed by atoms with Crippen molar-refractivity contribution in [1.29, 1.82) is 0 Å². The van der Waals surface area contributed by atoms with Crippen LogP contribution in [0.1, 0.15) is 31.0 Å². The van der Waals surface area contributed by atoms with Crippen LogP contribution in [0.5, 0.6) is 0 Å². The van der Waals surface area contributed by atoms with E-state index in [0.717, 1.165) is 18.8 Å². The summed E-state index contributed by atoms with van der Waals surface area (Å²) < 4.78 is 12.9. The largest absolute Gasteiger partial charge is 0.302 e. The van der Waals surface area contributed by atoms with Crippen molar-refractivity contribution in [3.8, 4) is 0 Å². The highest BCUT2D eigenvalue weighted by Crippen LogP contribution is 2.39. The summed E-state index contributed by atoms with van der Waals surface area (Å²) in [7, 11) is -0.733. The van der Waals surface area contributed by atoms with Gasteiger partial charge in [0.2, 0.25) is 5.28 Å². The van der Waals surface area contributed by atoms with Gasteiger partial charge in [0.1, 0.15) is 5.82 Å². The molecule has 1 fully saturated rings. The van der Waals surface area contributed by atoms with E-state index in [4.69, 9.17) is 11.6 Å². The molecule has 1 atom stereocenters. The van der Waals surface area contributed by atoms with Crippen molar-refractivity contribution < 1.29 is 4.21 Å². The van der Waals surface area contributed by atoms with Crippen LogP contribution < -0.4 is 0 Å². The second kappa shape index (κ2) is 4.61. The van der Waals surface area contributed by atoms with E-state index < -0.39 is 10.8 Å². The minimum absolute atomic E-state index is 0.457. The van der Waals surface area contributed by atoms with Crippen molar-refractivity contribution in [1.82, 2.24) is 14.8 Å². The van der Waals surface area contributed by atoms with E-state index >= 15 is 0 Å². The molecule has 0 amide bonds. The second-order valence-electron chi connectivity index (χ2n) is 3.88. The molecule has 1 aliphatic rings. The first-order valence-corrected chi connectivity index (χ1v) is 7.17. The van der Waals surface area contributed by atoms with Gasteiger partial charge in [-0.25, -0.2) is 0 Å². The van der Waals surface area contributed by atoms with Crippen LogP contribution in [0.25, 0.3) is 0 Å². The fourth-order valence-corrected chi connectivity index (χ4v) is 2.32. The maximum atomic E-state index is 10.9. The van der Waals surface area contributed by atoms with Gasteiger partial charge in [0.05, 0.1) is 0 Å². The molecule has 0 aromatic carbocycles. The van der Waals surface area contributed by atoms with E-state index in [1.807, 2.05) is 4.57 Å². The zero-order chi connectivity index (χ0) is 10.8. The highest BCUT2D eigenvalue weighted by atomic mass is 35.5. The molecule has 1 unspecified atom stereocenters. The van der Waals surface area contributed by atoms with Gasteiger partial charge in [-0.3, -0.25) is 4.21 Å². The van der Waals surface area contributed by atoms with Crippen LogP contribution in [0.15, 0.2) is 0 Å². The first-order chi connectivity index (χ1) is 7.18. The van der Waals surface area contributed by atoms with Crippen LogP contribution in [0.2, 0.25) is 5.28 Å². The Morgan fingerprint density at radius 3 is 2.87 bits per heavy atom. The van der Waals surface area contributed by atoms with Crippen LogP contribution in [-0.2, 0) is 17.3 Å². The third-order valence-electron chi connectivity index (χ3n) is 2.49. The maximum absolute atomic E-state index is 10.9. The Labute approximate surface area is 96.5 Å². The van der Waals surface area contributed by atoms with Crippen LogP contribution in [0, 0.1) is 0 Å². The molecule has 6 heteroatoms. The topological polar surface area (TPSA) is 47.8 Å². The normalized spacial score (nSPS) is 18.0. The summed E-state index contributed by atoms with van der Waals surface area (Å²) in [5, 5.41) is 8.42. The van der Waals surface area contributed by atoms with Gasteiger partial charge in [0, 0.05) is 35.3 Å². The molecule has 1 aromatic rings. The number of hydrogen-bond acceptors (Lipinski definition) is 3. The van der Waals surface area contributed by atoms with Gasteiger partial charge in [0.25, 0.3) is 0 Å². The average Bonchev–Trinajstić information content (AvgIpc) is 2.94. The lowest BCUT2D eigenvalue weighted by molar-refractivity contribution is 0.634. The minimum Gasteiger partial charge on any atom is -0.302 e. The summed E-state index contributed by atoms with van der Waals surface area (Å²) in [5.74, 6) is 2.26. The second-order valence-corrected chi connectivity index (χ2v) is 5.78. The molecule has 2 rings (SSSR count). The summed E-state index contributed by atoms with van der Waals surface area (Å²) in [6.45, 7) is 0.775. The molecule has 0 radical (unpaired) electrons. The van der Waals surface area contributed by atoms with Gasteiger partial charge >= 0.3 is 0 Å². The number of halogens is 1. The number of aromatic nitrogens is 3. The summed E-state index contributed by atoms with van der Waals surface area (Å²) in [6, 6.07) is 0. The van der Waals surface area contributed by atoms with Gasteiger partial charge in [-0.2, -0.15) is 0 Å². The van der Waals surface area contributed by atoms with Gasteiger partial charge in [-0.15, -0.1) is 10.2 Å². The summed E-state index contributed by atoms with van der Waals surface area (Å²) in [4.78, 5) is 0. The standard InChI is InChI=1S/C9H14ClN3OS/c1-15(14)6-2-5-13-8(7-3-4-7)11-12-9(13)10/h7H,2-6H2,1H3. The molecule has 0 aliphatic heterocycles. The molecule has 0 bridgehead atoms. The minimum atomic E-state index is -0.733. The zero-order valence-corrected chi connectivity index (χ0v) is 10.2. The summed E-state index contributed by atoms with van der Waals surface area (Å²) in [6.07, 6.45) is 4.96. The molecule has 4 nitrogen and oxygen atoms in total. The Bertz CT molecular complexity index is 375. The molecule has 1 saturated carbocycles.